The summed E-state index contributed by atoms with van der Waals surface area (Å²) in [4.78, 5) is 0. The number of hydrogen-bond donors (Lipinski definition) is 0. The Bertz CT molecular complexity index is 758. The largest absolute Gasteiger partial charge is 0.497 e. The molecular weight excluding hydrogens is 286 g/mol. The van der Waals surface area contributed by atoms with E-state index in [4.69, 9.17) is 9.47 Å². The van der Waals surface area contributed by atoms with Gasteiger partial charge in [-0.05, 0) is 30.3 Å². The van der Waals surface area contributed by atoms with E-state index in [0.29, 0.717) is 0 Å². The molecule has 108 valence electrons. The molecule has 0 unspecified atom stereocenters. The molecule has 3 rings (SSSR count). The summed E-state index contributed by atoms with van der Waals surface area (Å²) in [6.45, 7) is 0. The van der Waals surface area contributed by atoms with Crippen molar-refractivity contribution in [3.63, 3.8) is 0 Å². The van der Waals surface area contributed by atoms with Crippen LogP contribution >= 0.6 is 11.8 Å². The third-order valence-corrected chi connectivity index (χ3v) is 4.12. The molecule has 0 aliphatic carbocycles. The van der Waals surface area contributed by atoms with Crippen LogP contribution in [0.25, 0.3) is 5.65 Å². The summed E-state index contributed by atoms with van der Waals surface area (Å²) in [6.07, 6.45) is 1.96. The quantitative estimate of drug-likeness (QED) is 0.678. The summed E-state index contributed by atoms with van der Waals surface area (Å²) in [7, 11) is 3.33. The van der Waals surface area contributed by atoms with Gasteiger partial charge in [-0.15, -0.1) is 10.2 Å². The molecule has 0 spiro atoms. The molecule has 2 aromatic heterocycles. The number of benzene rings is 1. The fraction of sp³-hybridized carbons (Fsp3) is 0.200. The van der Waals surface area contributed by atoms with Gasteiger partial charge in [-0.3, -0.25) is 4.40 Å². The van der Waals surface area contributed by atoms with Gasteiger partial charge in [0, 0.05) is 17.5 Å². The van der Waals surface area contributed by atoms with Crippen molar-refractivity contribution in [2.45, 2.75) is 10.9 Å². The van der Waals surface area contributed by atoms with Crippen LogP contribution in [-0.2, 0) is 5.75 Å². The zero-order valence-electron chi connectivity index (χ0n) is 11.8. The predicted molar refractivity (Wildman–Crippen MR) is 82.1 cm³/mol. The molecule has 0 fully saturated rings. The van der Waals surface area contributed by atoms with Gasteiger partial charge in [0.05, 0.1) is 14.2 Å². The molecule has 0 saturated heterocycles. The first-order valence-electron chi connectivity index (χ1n) is 6.45. The molecule has 6 heteroatoms. The van der Waals surface area contributed by atoms with E-state index >= 15 is 0 Å². The lowest BCUT2D eigenvalue weighted by Crippen LogP contribution is -1.93. The normalized spacial score (nSPS) is 10.8. The second-order valence-electron chi connectivity index (χ2n) is 4.38. The Balaban J connectivity index is 1.84. The summed E-state index contributed by atoms with van der Waals surface area (Å²) in [5.74, 6) is 2.39. The van der Waals surface area contributed by atoms with Crippen molar-refractivity contribution in [3.8, 4) is 11.5 Å². The van der Waals surface area contributed by atoms with Crippen molar-refractivity contribution in [2.75, 3.05) is 14.2 Å². The van der Waals surface area contributed by atoms with Crippen molar-refractivity contribution >= 4 is 17.4 Å². The fourth-order valence-corrected chi connectivity index (χ4v) is 2.96. The summed E-state index contributed by atoms with van der Waals surface area (Å²) in [5, 5.41) is 9.21. The lowest BCUT2D eigenvalue weighted by atomic mass is 10.2. The molecule has 0 aliphatic heterocycles. The highest BCUT2D eigenvalue weighted by molar-refractivity contribution is 7.98. The highest BCUT2D eigenvalue weighted by atomic mass is 32.2. The topological polar surface area (TPSA) is 48.7 Å². The zero-order valence-corrected chi connectivity index (χ0v) is 12.6. The molecule has 0 atom stereocenters. The molecule has 0 radical (unpaired) electrons. The minimum Gasteiger partial charge on any atom is -0.497 e. The summed E-state index contributed by atoms with van der Waals surface area (Å²) in [6, 6.07) is 11.6. The first-order valence-corrected chi connectivity index (χ1v) is 7.44. The fourth-order valence-electron chi connectivity index (χ4n) is 2.05. The third-order valence-electron chi connectivity index (χ3n) is 3.13. The van der Waals surface area contributed by atoms with Crippen molar-refractivity contribution in [2.24, 2.45) is 0 Å². The molecular formula is C15H15N3O2S. The van der Waals surface area contributed by atoms with Gasteiger partial charge in [-0.25, -0.2) is 0 Å². The Hall–Kier alpha value is -2.21. The molecule has 5 nitrogen and oxygen atoms in total. The van der Waals surface area contributed by atoms with E-state index in [9.17, 15) is 0 Å². The first-order chi connectivity index (χ1) is 10.3. The van der Waals surface area contributed by atoms with Gasteiger partial charge in [-0.2, -0.15) is 0 Å². The Morgan fingerprint density at radius 2 is 2.00 bits per heavy atom. The monoisotopic (exact) mass is 301 g/mol. The Morgan fingerprint density at radius 3 is 2.81 bits per heavy atom. The van der Waals surface area contributed by atoms with Crippen LogP contribution in [0, 0.1) is 0 Å². The second kappa shape index (κ2) is 6.05. The van der Waals surface area contributed by atoms with Crippen LogP contribution in [0.5, 0.6) is 11.5 Å². The minimum absolute atomic E-state index is 0.732. The molecule has 0 bridgehead atoms. The van der Waals surface area contributed by atoms with E-state index in [1.54, 1.807) is 26.0 Å². The van der Waals surface area contributed by atoms with Crippen LogP contribution in [0.4, 0.5) is 0 Å². The van der Waals surface area contributed by atoms with Crippen LogP contribution in [0.1, 0.15) is 5.56 Å². The lowest BCUT2D eigenvalue weighted by molar-refractivity contribution is 0.400. The Labute approximate surface area is 126 Å². The number of pyridine rings is 1. The minimum atomic E-state index is 0.732. The molecule has 21 heavy (non-hydrogen) atoms. The molecule has 0 saturated carbocycles. The number of fused-ring (bicyclic) bond motifs is 1. The van der Waals surface area contributed by atoms with Crippen LogP contribution in [0.3, 0.4) is 0 Å². The second-order valence-corrected chi connectivity index (χ2v) is 5.32. The number of aromatic nitrogens is 3. The molecule has 0 aliphatic rings. The number of methoxy groups -OCH3 is 2. The van der Waals surface area contributed by atoms with Gasteiger partial charge >= 0.3 is 0 Å². The van der Waals surface area contributed by atoms with E-state index in [0.717, 1.165) is 33.6 Å². The maximum absolute atomic E-state index is 5.39. The number of nitrogens with zero attached hydrogens (tertiary/aromatic N) is 3. The predicted octanol–water partition coefficient (Wildman–Crippen LogP) is 3.04. The van der Waals surface area contributed by atoms with E-state index in [1.807, 2.05) is 47.0 Å². The van der Waals surface area contributed by atoms with Crippen LogP contribution in [0.2, 0.25) is 0 Å². The number of ether oxygens (including phenoxy) is 2. The van der Waals surface area contributed by atoms with E-state index in [-0.39, 0.29) is 0 Å². The van der Waals surface area contributed by atoms with Crippen molar-refractivity contribution in [3.05, 3.63) is 48.2 Å². The molecule has 3 aromatic rings. The van der Waals surface area contributed by atoms with Gasteiger partial charge in [0.25, 0.3) is 0 Å². The van der Waals surface area contributed by atoms with Crippen LogP contribution in [-0.4, -0.2) is 28.8 Å². The maximum atomic E-state index is 5.39. The number of rotatable bonds is 5. The van der Waals surface area contributed by atoms with Gasteiger partial charge in [0.2, 0.25) is 0 Å². The highest BCUT2D eigenvalue weighted by Crippen LogP contribution is 2.30. The van der Waals surface area contributed by atoms with E-state index in [2.05, 4.69) is 10.2 Å². The van der Waals surface area contributed by atoms with Crippen molar-refractivity contribution in [1.29, 1.82) is 0 Å². The van der Waals surface area contributed by atoms with Crippen LogP contribution < -0.4 is 9.47 Å². The molecule has 0 N–H and O–H groups in total. The first kappa shape index (κ1) is 13.8. The Kier molecular flexibility index (Phi) is 3.96. The van der Waals surface area contributed by atoms with Gasteiger partial charge < -0.3 is 9.47 Å². The zero-order chi connectivity index (χ0) is 14.7. The molecule has 1 aromatic carbocycles. The summed E-state index contributed by atoms with van der Waals surface area (Å²) >= 11 is 1.61. The molecule has 2 heterocycles. The summed E-state index contributed by atoms with van der Waals surface area (Å²) < 4.78 is 12.6. The average Bonchev–Trinajstić information content (AvgIpc) is 2.96. The SMILES string of the molecule is COc1ccc(OC)c(CSc2nnc3ccccn23)c1. The van der Waals surface area contributed by atoms with Crippen molar-refractivity contribution in [1.82, 2.24) is 14.6 Å². The van der Waals surface area contributed by atoms with E-state index in [1.165, 1.54) is 0 Å². The number of hydrogen-bond acceptors (Lipinski definition) is 5. The van der Waals surface area contributed by atoms with Crippen molar-refractivity contribution < 1.29 is 9.47 Å². The maximum Gasteiger partial charge on any atom is 0.195 e. The number of thioether (sulfide) groups is 1. The standard InChI is InChI=1S/C15H15N3O2S/c1-19-12-6-7-13(20-2)11(9-12)10-21-15-17-16-14-5-3-4-8-18(14)15/h3-9H,10H2,1-2H3. The molecule has 0 amide bonds. The highest BCUT2D eigenvalue weighted by Gasteiger charge is 2.09. The lowest BCUT2D eigenvalue weighted by Gasteiger charge is -2.09. The van der Waals surface area contributed by atoms with Gasteiger partial charge in [-0.1, -0.05) is 17.8 Å². The smallest absolute Gasteiger partial charge is 0.195 e. The average molecular weight is 301 g/mol. The van der Waals surface area contributed by atoms with Gasteiger partial charge in [0.15, 0.2) is 10.8 Å². The van der Waals surface area contributed by atoms with Gasteiger partial charge in [0.1, 0.15) is 11.5 Å². The van der Waals surface area contributed by atoms with Crippen LogP contribution in [0.15, 0.2) is 47.8 Å². The third kappa shape index (κ3) is 2.80. The Morgan fingerprint density at radius 1 is 1.10 bits per heavy atom. The van der Waals surface area contributed by atoms with E-state index < -0.39 is 0 Å². The summed E-state index contributed by atoms with van der Waals surface area (Å²) in [5.41, 5.74) is 1.91.